The summed E-state index contributed by atoms with van der Waals surface area (Å²) in [7, 11) is 0. The summed E-state index contributed by atoms with van der Waals surface area (Å²) >= 11 is 12.0. The predicted molar refractivity (Wildman–Crippen MR) is 127 cm³/mol. The molecule has 2 atom stereocenters. The van der Waals surface area contributed by atoms with Crippen molar-refractivity contribution >= 4 is 40.7 Å². The van der Waals surface area contributed by atoms with Gasteiger partial charge >= 0.3 is 0 Å². The molecule has 0 aromatic heterocycles. The minimum atomic E-state index is -0.863. The highest BCUT2D eigenvalue weighted by Crippen LogP contribution is 2.39. The normalized spacial score (nSPS) is 21.4. The van der Waals surface area contributed by atoms with Crippen molar-refractivity contribution in [3.05, 3.63) is 69.7 Å². The second-order valence-corrected chi connectivity index (χ2v) is 9.27. The number of fused-ring (bicyclic) bond motifs is 1. The van der Waals surface area contributed by atoms with Crippen molar-refractivity contribution in [3.8, 4) is 0 Å². The first-order chi connectivity index (χ1) is 15.3. The summed E-state index contributed by atoms with van der Waals surface area (Å²) in [6, 6.07) is 14.1. The molecule has 2 aromatic rings. The van der Waals surface area contributed by atoms with Gasteiger partial charge < -0.3 is 10.6 Å². The summed E-state index contributed by atoms with van der Waals surface area (Å²) in [4.78, 5) is 28.4. The van der Waals surface area contributed by atoms with Gasteiger partial charge in [-0.25, -0.2) is 5.01 Å². The SMILES string of the molecule is CCN1N=C2CCN(C(=O)[C@H](N)Cc3ccc(Cl)cc3)C[C@]2(Cc2ccc(Cl)cc2)C1=O. The molecule has 8 heteroatoms. The smallest absolute Gasteiger partial charge is 0.256 e. The van der Waals surface area contributed by atoms with Gasteiger partial charge in [-0.15, -0.1) is 0 Å². The van der Waals surface area contributed by atoms with Gasteiger partial charge in [0.05, 0.1) is 11.8 Å². The molecular weight excluding hydrogens is 447 g/mol. The van der Waals surface area contributed by atoms with Crippen molar-refractivity contribution in [2.45, 2.75) is 32.2 Å². The standard InChI is InChI=1S/C24H26Cl2N4O2/c1-2-30-23(32)24(14-17-5-9-19(26)10-6-17)15-29(12-11-21(24)28-30)22(31)20(27)13-16-3-7-18(25)8-4-16/h3-10,20H,2,11-15,27H2,1H3/t20-,24+/m1/s1. The third kappa shape index (κ3) is 4.40. The van der Waals surface area contributed by atoms with E-state index in [0.717, 1.165) is 16.8 Å². The molecule has 4 rings (SSSR count). The summed E-state index contributed by atoms with van der Waals surface area (Å²) in [6.45, 7) is 3.17. The Hall–Kier alpha value is -2.41. The minimum absolute atomic E-state index is 0.0614. The second-order valence-electron chi connectivity index (χ2n) is 8.40. The molecule has 2 heterocycles. The minimum Gasteiger partial charge on any atom is -0.339 e. The number of nitrogens with two attached hydrogens (primary N) is 1. The first-order valence-corrected chi connectivity index (χ1v) is 11.5. The molecule has 0 aliphatic carbocycles. The van der Waals surface area contributed by atoms with Gasteiger partial charge in [-0.05, 0) is 55.2 Å². The molecule has 6 nitrogen and oxygen atoms in total. The van der Waals surface area contributed by atoms with Gasteiger partial charge in [-0.2, -0.15) is 5.10 Å². The molecular formula is C24H26Cl2N4O2. The quantitative estimate of drug-likeness (QED) is 0.697. The van der Waals surface area contributed by atoms with E-state index in [-0.39, 0.29) is 18.4 Å². The zero-order valence-corrected chi connectivity index (χ0v) is 19.4. The molecule has 1 fully saturated rings. The van der Waals surface area contributed by atoms with Gasteiger partial charge in [-0.1, -0.05) is 47.5 Å². The topological polar surface area (TPSA) is 79.0 Å². The average Bonchev–Trinajstić information content (AvgIpc) is 3.07. The molecule has 0 spiro atoms. The largest absolute Gasteiger partial charge is 0.339 e. The number of amides is 2. The fourth-order valence-electron chi connectivity index (χ4n) is 4.53. The average molecular weight is 473 g/mol. The lowest BCUT2D eigenvalue weighted by molar-refractivity contribution is -0.141. The second kappa shape index (κ2) is 9.22. The van der Waals surface area contributed by atoms with Crippen LogP contribution in [0.4, 0.5) is 0 Å². The Morgan fingerprint density at radius 2 is 1.69 bits per heavy atom. The van der Waals surface area contributed by atoms with E-state index >= 15 is 0 Å². The highest BCUT2D eigenvalue weighted by Gasteiger charge is 2.54. The molecule has 2 aliphatic heterocycles. The van der Waals surface area contributed by atoms with Crippen LogP contribution in [0.25, 0.3) is 0 Å². The number of hydrogen-bond acceptors (Lipinski definition) is 4. The Bertz CT molecular complexity index is 1040. The number of benzene rings is 2. The summed E-state index contributed by atoms with van der Waals surface area (Å²) < 4.78 is 0. The van der Waals surface area contributed by atoms with Gasteiger partial charge in [-0.3, -0.25) is 9.59 Å². The van der Waals surface area contributed by atoms with Crippen LogP contribution in [-0.4, -0.2) is 53.1 Å². The van der Waals surface area contributed by atoms with E-state index < -0.39 is 11.5 Å². The summed E-state index contributed by atoms with van der Waals surface area (Å²) in [5.74, 6) is -0.217. The van der Waals surface area contributed by atoms with Crippen LogP contribution in [0.2, 0.25) is 10.0 Å². The maximum atomic E-state index is 13.4. The van der Waals surface area contributed by atoms with Gasteiger partial charge in [0.2, 0.25) is 5.91 Å². The van der Waals surface area contributed by atoms with Crippen LogP contribution in [0.5, 0.6) is 0 Å². The van der Waals surface area contributed by atoms with Gasteiger partial charge in [0, 0.05) is 36.1 Å². The molecule has 2 amide bonds. The molecule has 1 saturated heterocycles. The van der Waals surface area contributed by atoms with Crippen molar-refractivity contribution in [2.75, 3.05) is 19.6 Å². The number of piperidine rings is 1. The Morgan fingerprint density at radius 1 is 1.09 bits per heavy atom. The van der Waals surface area contributed by atoms with Crippen molar-refractivity contribution < 1.29 is 9.59 Å². The van der Waals surface area contributed by atoms with E-state index in [4.69, 9.17) is 28.9 Å². The molecule has 0 saturated carbocycles. The van der Waals surface area contributed by atoms with E-state index in [1.54, 1.807) is 17.0 Å². The number of carbonyl (C=O) groups excluding carboxylic acids is 2. The van der Waals surface area contributed by atoms with E-state index in [1.807, 2.05) is 43.3 Å². The van der Waals surface area contributed by atoms with Gasteiger partial charge in [0.25, 0.3) is 5.91 Å². The predicted octanol–water partition coefficient (Wildman–Crippen LogP) is 3.54. The van der Waals surface area contributed by atoms with Crippen LogP contribution in [0, 0.1) is 5.41 Å². The zero-order chi connectivity index (χ0) is 22.9. The molecule has 2 aliphatic rings. The van der Waals surface area contributed by atoms with Crippen LogP contribution >= 0.6 is 23.2 Å². The summed E-state index contributed by atoms with van der Waals surface area (Å²) in [5.41, 5.74) is 8.19. The van der Waals surface area contributed by atoms with Crippen LogP contribution in [0.15, 0.2) is 53.6 Å². The number of hydrogen-bond donors (Lipinski definition) is 1. The number of nitrogens with zero attached hydrogens (tertiary/aromatic N) is 3. The van der Waals surface area contributed by atoms with E-state index in [0.29, 0.717) is 42.4 Å². The van der Waals surface area contributed by atoms with Crippen molar-refractivity contribution in [1.29, 1.82) is 0 Å². The van der Waals surface area contributed by atoms with Crippen molar-refractivity contribution in [3.63, 3.8) is 0 Å². The lowest BCUT2D eigenvalue weighted by Gasteiger charge is -2.40. The Kier molecular flexibility index (Phi) is 6.56. The molecule has 0 bridgehead atoms. The lowest BCUT2D eigenvalue weighted by Crippen LogP contribution is -2.58. The fourth-order valence-corrected chi connectivity index (χ4v) is 4.79. The molecule has 168 valence electrons. The molecule has 2 aromatic carbocycles. The van der Waals surface area contributed by atoms with E-state index in [2.05, 4.69) is 5.10 Å². The number of carbonyl (C=O) groups is 2. The fraction of sp³-hybridized carbons (Fsp3) is 0.375. The maximum Gasteiger partial charge on any atom is 0.256 e. The first kappa shape index (κ1) is 22.8. The molecule has 0 unspecified atom stereocenters. The summed E-state index contributed by atoms with van der Waals surface area (Å²) in [5, 5.41) is 7.40. The van der Waals surface area contributed by atoms with Crippen LogP contribution in [0.3, 0.4) is 0 Å². The van der Waals surface area contributed by atoms with Crippen LogP contribution < -0.4 is 5.73 Å². The Balaban J connectivity index is 1.56. The van der Waals surface area contributed by atoms with Crippen LogP contribution in [0.1, 0.15) is 24.5 Å². The Labute approximate surface area is 198 Å². The number of hydrazone groups is 1. The molecule has 0 radical (unpaired) electrons. The maximum absolute atomic E-state index is 13.4. The van der Waals surface area contributed by atoms with E-state index in [9.17, 15) is 9.59 Å². The third-order valence-corrected chi connectivity index (χ3v) is 6.74. The highest BCUT2D eigenvalue weighted by molar-refractivity contribution is 6.30. The third-order valence-electron chi connectivity index (χ3n) is 6.23. The molecule has 2 N–H and O–H groups in total. The highest BCUT2D eigenvalue weighted by atomic mass is 35.5. The monoisotopic (exact) mass is 472 g/mol. The molecule has 32 heavy (non-hydrogen) atoms. The zero-order valence-electron chi connectivity index (χ0n) is 17.9. The number of rotatable bonds is 6. The number of likely N-dealkylation sites (tertiary alicyclic amines) is 1. The van der Waals surface area contributed by atoms with Gasteiger partial charge in [0.1, 0.15) is 5.41 Å². The summed E-state index contributed by atoms with van der Waals surface area (Å²) in [6.07, 6.45) is 1.43. The Morgan fingerprint density at radius 3 is 2.28 bits per heavy atom. The lowest BCUT2D eigenvalue weighted by atomic mass is 9.73. The van der Waals surface area contributed by atoms with E-state index in [1.165, 1.54) is 5.01 Å². The van der Waals surface area contributed by atoms with Gasteiger partial charge in [0.15, 0.2) is 0 Å². The van der Waals surface area contributed by atoms with Crippen molar-refractivity contribution in [2.24, 2.45) is 16.3 Å². The number of halogens is 2. The first-order valence-electron chi connectivity index (χ1n) is 10.8. The van der Waals surface area contributed by atoms with Crippen LogP contribution in [-0.2, 0) is 22.4 Å². The van der Waals surface area contributed by atoms with Crippen molar-refractivity contribution in [1.82, 2.24) is 9.91 Å².